The highest BCUT2D eigenvalue weighted by Gasteiger charge is 2.48. The minimum absolute atomic E-state index is 0.0194. The van der Waals surface area contributed by atoms with Crippen LogP contribution in [0.25, 0.3) is 0 Å². The highest BCUT2D eigenvalue weighted by atomic mass is 16.6. The minimum atomic E-state index is -1.50. The SMILES string of the molecule is CCCCCCCCCCCCCCCCCCNC(=O)N(CCCCCCCCCCCCCCCCCC)[C@@H]1O[C@H](CO)[C@H](O)[C@H](O)[C@@H]1NC(=O)OCc1ccccc1. The second-order valence-electron chi connectivity index (χ2n) is 18.0. The summed E-state index contributed by atoms with van der Waals surface area (Å²) in [6.45, 7) is 4.85. The van der Waals surface area contributed by atoms with Gasteiger partial charge in [-0.1, -0.05) is 237 Å². The lowest BCUT2D eigenvalue weighted by molar-refractivity contribution is -0.222. The molecular weight excluding hydrogens is 767 g/mol. The fraction of sp³-hybridized carbons (Fsp3) is 0.843. The first-order valence-corrected chi connectivity index (χ1v) is 25.6. The number of ether oxygens (including phenoxy) is 2. The quantitative estimate of drug-likeness (QED) is 0.0415. The number of aliphatic hydroxyl groups excluding tert-OH is 3. The number of rotatable bonds is 39. The summed E-state index contributed by atoms with van der Waals surface area (Å²) in [5.74, 6) is 0. The Morgan fingerprint density at radius 1 is 0.590 bits per heavy atom. The van der Waals surface area contributed by atoms with E-state index in [4.69, 9.17) is 9.47 Å². The second-order valence-corrected chi connectivity index (χ2v) is 18.0. The molecule has 0 saturated carbocycles. The van der Waals surface area contributed by atoms with E-state index in [2.05, 4.69) is 24.5 Å². The Labute approximate surface area is 373 Å². The van der Waals surface area contributed by atoms with Crippen LogP contribution in [0.5, 0.6) is 0 Å². The lowest BCUT2D eigenvalue weighted by Gasteiger charge is -2.46. The van der Waals surface area contributed by atoms with Crippen molar-refractivity contribution in [3.8, 4) is 0 Å². The van der Waals surface area contributed by atoms with Crippen LogP contribution in [0.3, 0.4) is 0 Å². The summed E-state index contributed by atoms with van der Waals surface area (Å²) < 4.78 is 11.6. The highest BCUT2D eigenvalue weighted by Crippen LogP contribution is 2.25. The van der Waals surface area contributed by atoms with E-state index < -0.39 is 43.3 Å². The molecule has 10 nitrogen and oxygen atoms in total. The van der Waals surface area contributed by atoms with Gasteiger partial charge < -0.3 is 35.4 Å². The van der Waals surface area contributed by atoms with E-state index in [0.29, 0.717) is 13.1 Å². The molecular formula is C51H93N3O7. The molecule has 0 unspecified atom stereocenters. The van der Waals surface area contributed by atoms with E-state index >= 15 is 0 Å². The number of nitrogens with one attached hydrogen (secondary N) is 2. The van der Waals surface area contributed by atoms with Crippen molar-refractivity contribution in [3.63, 3.8) is 0 Å². The van der Waals surface area contributed by atoms with Gasteiger partial charge in [-0.15, -0.1) is 0 Å². The van der Waals surface area contributed by atoms with Gasteiger partial charge >= 0.3 is 12.1 Å². The summed E-state index contributed by atoms with van der Waals surface area (Å²) in [6, 6.07) is 7.74. The number of hydrogen-bond acceptors (Lipinski definition) is 7. The summed E-state index contributed by atoms with van der Waals surface area (Å²) in [4.78, 5) is 28.5. The molecule has 1 aromatic carbocycles. The van der Waals surface area contributed by atoms with E-state index in [1.807, 2.05) is 30.3 Å². The van der Waals surface area contributed by atoms with E-state index in [0.717, 1.165) is 50.5 Å². The lowest BCUT2D eigenvalue weighted by Crippen LogP contribution is -2.69. The molecule has 5 atom stereocenters. The molecule has 1 saturated heterocycles. The van der Waals surface area contributed by atoms with Gasteiger partial charge in [-0.3, -0.25) is 4.90 Å². The van der Waals surface area contributed by atoms with Crippen molar-refractivity contribution in [2.24, 2.45) is 0 Å². The van der Waals surface area contributed by atoms with Gasteiger partial charge in [-0.2, -0.15) is 0 Å². The molecule has 0 aliphatic carbocycles. The van der Waals surface area contributed by atoms with E-state index in [9.17, 15) is 24.9 Å². The van der Waals surface area contributed by atoms with Gasteiger partial charge in [0, 0.05) is 13.1 Å². The standard InChI is InChI=1S/C51H93N3O7/c1-3-5-7-9-11-13-15-17-19-21-23-25-27-29-31-36-40-52-50(58)54(41-37-32-30-28-26-24-22-20-18-16-14-12-10-8-6-4-2)49-46(48(57)47(56)45(42-55)61-49)53-51(59)60-43-44-38-34-33-35-39-44/h33-35,38-39,45-49,55-57H,3-32,36-37,40-43H2,1-2H3,(H,52,58)(H,53,59)/t45-,46+,47+,48-,49-/m1/s1. The third-order valence-electron chi connectivity index (χ3n) is 12.5. The number of carbonyl (C=O) groups excluding carboxylic acids is 2. The van der Waals surface area contributed by atoms with Gasteiger partial charge in [0.1, 0.15) is 31.0 Å². The zero-order chi connectivity index (χ0) is 44.0. The van der Waals surface area contributed by atoms with Crippen LogP contribution in [-0.4, -0.2) is 82.6 Å². The molecule has 1 aromatic rings. The first-order chi connectivity index (χ1) is 29.9. The number of aliphatic hydroxyl groups is 3. The van der Waals surface area contributed by atoms with Crippen LogP contribution in [0.1, 0.15) is 225 Å². The van der Waals surface area contributed by atoms with Crippen molar-refractivity contribution in [2.75, 3.05) is 19.7 Å². The molecule has 0 spiro atoms. The van der Waals surface area contributed by atoms with Crippen molar-refractivity contribution in [1.82, 2.24) is 15.5 Å². The molecule has 5 N–H and O–H groups in total. The van der Waals surface area contributed by atoms with Crippen molar-refractivity contribution in [3.05, 3.63) is 35.9 Å². The lowest BCUT2D eigenvalue weighted by atomic mass is 9.95. The van der Waals surface area contributed by atoms with Crippen LogP contribution in [-0.2, 0) is 16.1 Å². The van der Waals surface area contributed by atoms with E-state index in [-0.39, 0.29) is 12.6 Å². The third-order valence-corrected chi connectivity index (χ3v) is 12.5. The zero-order valence-electron chi connectivity index (χ0n) is 39.2. The monoisotopic (exact) mass is 860 g/mol. The Kier molecular flexibility index (Phi) is 34.2. The Bertz CT molecular complexity index is 1160. The van der Waals surface area contributed by atoms with Crippen LogP contribution in [0.15, 0.2) is 30.3 Å². The first kappa shape index (κ1) is 54.7. The largest absolute Gasteiger partial charge is 0.445 e. The van der Waals surface area contributed by atoms with Crippen molar-refractivity contribution in [1.29, 1.82) is 0 Å². The number of nitrogens with zero attached hydrogens (tertiary/aromatic N) is 1. The molecule has 10 heteroatoms. The molecule has 1 fully saturated rings. The smallest absolute Gasteiger partial charge is 0.407 e. The van der Waals surface area contributed by atoms with E-state index in [1.54, 1.807) is 0 Å². The average molecular weight is 860 g/mol. The Hall–Kier alpha value is -2.40. The predicted octanol–water partition coefficient (Wildman–Crippen LogP) is 12.3. The maximum atomic E-state index is 13.9. The van der Waals surface area contributed by atoms with Crippen molar-refractivity contribution in [2.45, 2.75) is 257 Å². The minimum Gasteiger partial charge on any atom is -0.445 e. The predicted molar refractivity (Wildman–Crippen MR) is 251 cm³/mol. The highest BCUT2D eigenvalue weighted by molar-refractivity contribution is 5.75. The molecule has 1 aliphatic heterocycles. The second kappa shape index (κ2) is 38.1. The number of unbranched alkanes of at least 4 members (excludes halogenated alkanes) is 30. The summed E-state index contributed by atoms with van der Waals surface area (Å²) in [5.41, 5.74) is 0.800. The number of amides is 3. The molecule has 61 heavy (non-hydrogen) atoms. The number of benzene rings is 1. The zero-order valence-corrected chi connectivity index (χ0v) is 39.2. The van der Waals surface area contributed by atoms with Crippen LogP contribution < -0.4 is 10.6 Å². The molecule has 1 aliphatic rings. The van der Waals surface area contributed by atoms with Crippen LogP contribution in [0.2, 0.25) is 0 Å². The molecule has 0 aromatic heterocycles. The number of urea groups is 1. The molecule has 354 valence electrons. The van der Waals surface area contributed by atoms with Gasteiger partial charge in [0.2, 0.25) is 0 Å². The maximum Gasteiger partial charge on any atom is 0.407 e. The molecule has 0 bridgehead atoms. The summed E-state index contributed by atoms with van der Waals surface area (Å²) in [5, 5.41) is 37.9. The van der Waals surface area contributed by atoms with Gasteiger partial charge in [0.05, 0.1) is 6.61 Å². The van der Waals surface area contributed by atoms with Crippen LogP contribution in [0, 0.1) is 0 Å². The van der Waals surface area contributed by atoms with Crippen molar-refractivity contribution >= 4 is 12.1 Å². The van der Waals surface area contributed by atoms with Crippen LogP contribution >= 0.6 is 0 Å². The normalized spacial score (nSPS) is 18.9. The Morgan fingerprint density at radius 3 is 1.43 bits per heavy atom. The Balaban J connectivity index is 1.82. The van der Waals surface area contributed by atoms with Gasteiger partial charge in [-0.05, 0) is 18.4 Å². The fourth-order valence-corrected chi connectivity index (χ4v) is 8.57. The van der Waals surface area contributed by atoms with Crippen LogP contribution in [0.4, 0.5) is 9.59 Å². The molecule has 0 radical (unpaired) electrons. The van der Waals surface area contributed by atoms with Gasteiger partial charge in [0.25, 0.3) is 0 Å². The Morgan fingerprint density at radius 2 is 1.00 bits per heavy atom. The topological polar surface area (TPSA) is 141 Å². The summed E-state index contributed by atoms with van der Waals surface area (Å²) in [7, 11) is 0. The number of alkyl carbamates (subject to hydrolysis) is 1. The fourth-order valence-electron chi connectivity index (χ4n) is 8.57. The molecule has 2 rings (SSSR count). The summed E-state index contributed by atoms with van der Waals surface area (Å²) >= 11 is 0. The first-order valence-electron chi connectivity index (χ1n) is 25.6. The third kappa shape index (κ3) is 26.7. The average Bonchev–Trinajstić information content (AvgIpc) is 3.27. The maximum absolute atomic E-state index is 13.9. The van der Waals surface area contributed by atoms with E-state index in [1.165, 1.54) is 165 Å². The van der Waals surface area contributed by atoms with Gasteiger partial charge in [-0.25, -0.2) is 9.59 Å². The van der Waals surface area contributed by atoms with Gasteiger partial charge in [0.15, 0.2) is 6.23 Å². The molecule has 3 amide bonds. The van der Waals surface area contributed by atoms with Crippen molar-refractivity contribution < 1.29 is 34.4 Å². The number of carbonyl (C=O) groups is 2. The number of hydrogen-bond donors (Lipinski definition) is 5. The molecule has 1 heterocycles. The summed E-state index contributed by atoms with van der Waals surface area (Å²) in [6.07, 6.45) is 34.4.